The Morgan fingerprint density at radius 3 is 2.72 bits per heavy atom. The van der Waals surface area contributed by atoms with Crippen molar-refractivity contribution in [3.63, 3.8) is 0 Å². The summed E-state index contributed by atoms with van der Waals surface area (Å²) in [6, 6.07) is 4.32. The second-order valence-corrected chi connectivity index (χ2v) is 6.96. The maximum Gasteiger partial charge on any atom is 0.0784 e. The van der Waals surface area contributed by atoms with Gasteiger partial charge in [0, 0.05) is 16.8 Å². The van der Waals surface area contributed by atoms with E-state index < -0.39 is 0 Å². The van der Waals surface area contributed by atoms with Crippen LogP contribution in [0, 0.1) is 5.41 Å². The third-order valence-electron chi connectivity index (χ3n) is 3.33. The lowest BCUT2D eigenvalue weighted by molar-refractivity contribution is 0.311. The Kier molecular flexibility index (Phi) is 6.26. The highest BCUT2D eigenvalue weighted by Gasteiger charge is 2.20. The van der Waals surface area contributed by atoms with Gasteiger partial charge in [0.25, 0.3) is 0 Å². The van der Waals surface area contributed by atoms with E-state index in [-0.39, 0.29) is 5.41 Å². The Labute approximate surface area is 120 Å². The van der Waals surface area contributed by atoms with Gasteiger partial charge in [-0.15, -0.1) is 11.3 Å². The fraction of sp³-hybridized carbons (Fsp3) is 0.643. The summed E-state index contributed by atoms with van der Waals surface area (Å²) in [6.07, 6.45) is 3.35. The van der Waals surface area contributed by atoms with E-state index in [1.807, 2.05) is 11.3 Å². The average Bonchev–Trinajstić information content (AvgIpc) is 2.78. The lowest BCUT2D eigenvalue weighted by atomic mass is 9.88. The highest BCUT2D eigenvalue weighted by molar-refractivity contribution is 7.80. The Bertz CT molecular complexity index is 358. The largest absolute Gasteiger partial charge is 0.393 e. The van der Waals surface area contributed by atoms with Crippen LogP contribution in [0.15, 0.2) is 17.5 Å². The first kappa shape index (κ1) is 15.6. The summed E-state index contributed by atoms with van der Waals surface area (Å²) in [5.74, 6) is 0. The number of likely N-dealkylation sites (N-methyl/N-ethyl adjacent to an activating group) is 1. The van der Waals surface area contributed by atoms with Crippen molar-refractivity contribution in [2.24, 2.45) is 11.1 Å². The van der Waals surface area contributed by atoms with Crippen molar-refractivity contribution in [3.05, 3.63) is 22.4 Å². The van der Waals surface area contributed by atoms with E-state index in [9.17, 15) is 0 Å². The molecule has 2 nitrogen and oxygen atoms in total. The molecule has 1 aromatic rings. The molecule has 0 unspecified atom stereocenters. The summed E-state index contributed by atoms with van der Waals surface area (Å²) in [6.45, 7) is 6.48. The second-order valence-electron chi connectivity index (χ2n) is 5.48. The smallest absolute Gasteiger partial charge is 0.0784 e. The van der Waals surface area contributed by atoms with Crippen molar-refractivity contribution in [2.75, 3.05) is 20.1 Å². The molecule has 0 amide bonds. The number of hydrogen-bond donors (Lipinski definition) is 1. The normalized spacial score (nSPS) is 12.0. The molecule has 102 valence electrons. The lowest BCUT2D eigenvalue weighted by Crippen LogP contribution is -2.31. The zero-order valence-electron chi connectivity index (χ0n) is 11.6. The molecule has 0 saturated heterocycles. The van der Waals surface area contributed by atoms with Gasteiger partial charge in [-0.2, -0.15) is 0 Å². The maximum absolute atomic E-state index is 5.73. The van der Waals surface area contributed by atoms with Crippen LogP contribution in [0.2, 0.25) is 0 Å². The van der Waals surface area contributed by atoms with Crippen LogP contribution in [0.4, 0.5) is 0 Å². The van der Waals surface area contributed by atoms with E-state index in [1.54, 1.807) is 0 Å². The zero-order valence-corrected chi connectivity index (χ0v) is 13.2. The molecule has 1 rings (SSSR count). The number of hydrogen-bond acceptors (Lipinski definition) is 3. The second kappa shape index (κ2) is 7.22. The number of nitrogens with zero attached hydrogens (tertiary/aromatic N) is 1. The van der Waals surface area contributed by atoms with Gasteiger partial charge < -0.3 is 10.6 Å². The van der Waals surface area contributed by atoms with Crippen LogP contribution >= 0.6 is 23.6 Å². The molecule has 2 N–H and O–H groups in total. The summed E-state index contributed by atoms with van der Waals surface area (Å²) in [7, 11) is 2.18. The number of rotatable bonds is 8. The van der Waals surface area contributed by atoms with Crippen LogP contribution in [0.1, 0.15) is 31.6 Å². The Hall–Kier alpha value is -0.450. The van der Waals surface area contributed by atoms with Crippen molar-refractivity contribution in [3.8, 4) is 0 Å². The topological polar surface area (TPSA) is 29.3 Å². The van der Waals surface area contributed by atoms with Gasteiger partial charge in [-0.05, 0) is 44.3 Å². The predicted octanol–water partition coefficient (Wildman–Crippen LogP) is 3.31. The van der Waals surface area contributed by atoms with E-state index in [0.717, 1.165) is 32.4 Å². The molecule has 0 aliphatic heterocycles. The Morgan fingerprint density at radius 1 is 1.44 bits per heavy atom. The Balaban J connectivity index is 2.17. The molecule has 4 heteroatoms. The third kappa shape index (κ3) is 5.46. The minimum Gasteiger partial charge on any atom is -0.393 e. The van der Waals surface area contributed by atoms with Crippen molar-refractivity contribution in [2.45, 2.75) is 33.1 Å². The van der Waals surface area contributed by atoms with Crippen LogP contribution < -0.4 is 5.73 Å². The molecule has 0 atom stereocenters. The number of nitrogens with two attached hydrogens (primary N) is 1. The molecule has 0 aliphatic rings. The van der Waals surface area contributed by atoms with Gasteiger partial charge in [-0.25, -0.2) is 0 Å². The molecule has 0 saturated carbocycles. The van der Waals surface area contributed by atoms with Gasteiger partial charge in [0.2, 0.25) is 0 Å². The van der Waals surface area contributed by atoms with E-state index in [1.165, 1.54) is 4.88 Å². The van der Waals surface area contributed by atoms with Crippen LogP contribution in [0.3, 0.4) is 0 Å². The van der Waals surface area contributed by atoms with E-state index in [0.29, 0.717) is 4.99 Å². The maximum atomic E-state index is 5.73. The van der Waals surface area contributed by atoms with Crippen molar-refractivity contribution >= 4 is 28.5 Å². The highest BCUT2D eigenvalue weighted by atomic mass is 32.1. The van der Waals surface area contributed by atoms with Gasteiger partial charge in [0.05, 0.1) is 4.99 Å². The number of thiophene rings is 1. The summed E-state index contributed by atoms with van der Waals surface area (Å²) in [4.78, 5) is 4.48. The summed E-state index contributed by atoms with van der Waals surface area (Å²) < 4.78 is 0. The first-order valence-electron chi connectivity index (χ1n) is 6.42. The van der Waals surface area contributed by atoms with Gasteiger partial charge in [-0.3, -0.25) is 0 Å². The van der Waals surface area contributed by atoms with Crippen LogP contribution in [-0.2, 0) is 6.42 Å². The minimum atomic E-state index is -0.00999. The van der Waals surface area contributed by atoms with E-state index in [2.05, 4.69) is 43.3 Å². The SMILES string of the molecule is CN(CCCC(C)(C)C(N)=S)CCc1cccs1. The Morgan fingerprint density at radius 2 is 2.17 bits per heavy atom. The molecule has 1 aromatic heterocycles. The van der Waals surface area contributed by atoms with Crippen LogP contribution in [-0.4, -0.2) is 30.0 Å². The van der Waals surface area contributed by atoms with Crippen LogP contribution in [0.5, 0.6) is 0 Å². The fourth-order valence-electron chi connectivity index (χ4n) is 1.78. The van der Waals surface area contributed by atoms with Gasteiger partial charge >= 0.3 is 0 Å². The van der Waals surface area contributed by atoms with Gasteiger partial charge in [0.15, 0.2) is 0 Å². The number of thiocarbonyl (C=S) groups is 1. The molecular formula is C14H24N2S2. The molecule has 0 aliphatic carbocycles. The molecule has 0 fully saturated rings. The van der Waals surface area contributed by atoms with Gasteiger partial charge in [0.1, 0.15) is 0 Å². The highest BCUT2D eigenvalue weighted by Crippen LogP contribution is 2.22. The standard InChI is InChI=1S/C14H24N2S2/c1-14(2,13(15)17)8-5-9-16(3)10-7-12-6-4-11-18-12/h4,6,11H,5,7-10H2,1-3H3,(H2,15,17). The molecule has 0 radical (unpaired) electrons. The first-order chi connectivity index (χ1) is 8.42. The molecule has 0 aromatic carbocycles. The average molecular weight is 284 g/mol. The van der Waals surface area contributed by atoms with Crippen LogP contribution in [0.25, 0.3) is 0 Å². The molecule has 0 spiro atoms. The molecule has 1 heterocycles. The summed E-state index contributed by atoms with van der Waals surface area (Å²) in [5.41, 5.74) is 5.72. The first-order valence-corrected chi connectivity index (χ1v) is 7.71. The van der Waals surface area contributed by atoms with Gasteiger partial charge in [-0.1, -0.05) is 32.1 Å². The monoisotopic (exact) mass is 284 g/mol. The van der Waals surface area contributed by atoms with Crippen molar-refractivity contribution < 1.29 is 0 Å². The fourth-order valence-corrected chi connectivity index (χ4v) is 2.58. The predicted molar refractivity (Wildman–Crippen MR) is 85.3 cm³/mol. The lowest BCUT2D eigenvalue weighted by Gasteiger charge is -2.24. The quantitative estimate of drug-likeness (QED) is 0.743. The van der Waals surface area contributed by atoms with E-state index >= 15 is 0 Å². The molecule has 18 heavy (non-hydrogen) atoms. The molecule has 0 bridgehead atoms. The van der Waals surface area contributed by atoms with E-state index in [4.69, 9.17) is 18.0 Å². The summed E-state index contributed by atoms with van der Waals surface area (Å²) >= 11 is 6.92. The van der Waals surface area contributed by atoms with Crippen molar-refractivity contribution in [1.82, 2.24) is 4.90 Å². The third-order valence-corrected chi connectivity index (χ3v) is 4.82. The molecular weight excluding hydrogens is 260 g/mol. The summed E-state index contributed by atoms with van der Waals surface area (Å²) in [5, 5.41) is 2.14. The zero-order chi connectivity index (χ0) is 13.6. The van der Waals surface area contributed by atoms with Crippen molar-refractivity contribution in [1.29, 1.82) is 0 Å². The minimum absolute atomic E-state index is 0.00999.